The van der Waals surface area contributed by atoms with Crippen LogP contribution in [0.15, 0.2) is 62.2 Å². The van der Waals surface area contributed by atoms with Gasteiger partial charge in [-0.15, -0.1) is 0 Å². The van der Waals surface area contributed by atoms with Crippen molar-refractivity contribution in [2.45, 2.75) is 26.2 Å². The van der Waals surface area contributed by atoms with Crippen molar-refractivity contribution in [3.05, 3.63) is 69.0 Å². The van der Waals surface area contributed by atoms with Gasteiger partial charge in [0, 0.05) is 15.9 Å². The predicted molar refractivity (Wildman–Crippen MR) is 94.3 cm³/mol. The summed E-state index contributed by atoms with van der Waals surface area (Å²) < 4.78 is 6.24. The van der Waals surface area contributed by atoms with Crippen molar-refractivity contribution < 1.29 is 4.42 Å². The van der Waals surface area contributed by atoms with Gasteiger partial charge in [0.25, 0.3) is 0 Å². The molecule has 3 aromatic rings. The van der Waals surface area contributed by atoms with Gasteiger partial charge in [-0.2, -0.15) is 0 Å². The average molecular weight is 357 g/mol. The summed E-state index contributed by atoms with van der Waals surface area (Å²) in [5, 5.41) is 0.928. The lowest BCUT2D eigenvalue weighted by molar-refractivity contribution is 0.561. The summed E-state index contributed by atoms with van der Waals surface area (Å²) in [5.41, 5.74) is 3.57. The van der Waals surface area contributed by atoms with Crippen LogP contribution in [0.4, 0.5) is 0 Å². The highest BCUT2D eigenvalue weighted by Crippen LogP contribution is 2.31. The molecule has 0 aliphatic carbocycles. The molecule has 112 valence electrons. The zero-order valence-corrected chi connectivity index (χ0v) is 14.4. The number of fused-ring (bicyclic) bond motifs is 1. The molecule has 0 fully saturated rings. The summed E-state index contributed by atoms with van der Waals surface area (Å²) in [6, 6.07) is 15.6. The molecule has 22 heavy (non-hydrogen) atoms. The van der Waals surface area contributed by atoms with E-state index in [1.165, 1.54) is 5.56 Å². The molecule has 1 aromatic heterocycles. The van der Waals surface area contributed by atoms with E-state index >= 15 is 0 Å². The van der Waals surface area contributed by atoms with E-state index in [-0.39, 0.29) is 11.0 Å². The number of benzene rings is 2. The van der Waals surface area contributed by atoms with Gasteiger partial charge in [-0.25, -0.2) is 4.79 Å². The number of halogens is 1. The van der Waals surface area contributed by atoms with Crippen molar-refractivity contribution >= 4 is 26.9 Å². The lowest BCUT2D eigenvalue weighted by Gasteiger charge is -2.19. The van der Waals surface area contributed by atoms with E-state index in [2.05, 4.69) is 61.0 Å². The van der Waals surface area contributed by atoms with Gasteiger partial charge in [0.2, 0.25) is 0 Å². The quantitative estimate of drug-likeness (QED) is 0.537. The van der Waals surface area contributed by atoms with E-state index in [9.17, 15) is 4.79 Å². The first kappa shape index (κ1) is 15.0. The van der Waals surface area contributed by atoms with E-state index in [0.29, 0.717) is 5.58 Å². The standard InChI is InChI=1S/C19H17BrO2/c1-19(2,3)13-6-4-12(5-7-13)15-11-18(21)22-17-9-8-14(20)10-16(15)17/h4-11H,1-3H3. The minimum Gasteiger partial charge on any atom is -0.423 e. The van der Waals surface area contributed by atoms with Gasteiger partial charge in [-0.05, 0) is 40.3 Å². The smallest absolute Gasteiger partial charge is 0.336 e. The SMILES string of the molecule is CC(C)(C)c1ccc(-c2cc(=O)oc3ccc(Br)cc23)cc1. The maximum Gasteiger partial charge on any atom is 0.336 e. The Hall–Kier alpha value is -1.87. The third-order valence-corrected chi connectivity index (χ3v) is 4.26. The number of rotatable bonds is 1. The second-order valence-electron chi connectivity index (χ2n) is 6.45. The number of hydrogen-bond acceptors (Lipinski definition) is 2. The second-order valence-corrected chi connectivity index (χ2v) is 7.36. The highest BCUT2D eigenvalue weighted by Gasteiger charge is 2.14. The van der Waals surface area contributed by atoms with Crippen LogP contribution in [0.1, 0.15) is 26.3 Å². The Bertz CT molecular complexity index is 884. The van der Waals surface area contributed by atoms with Gasteiger partial charge < -0.3 is 4.42 Å². The molecular formula is C19H17BrO2. The highest BCUT2D eigenvalue weighted by atomic mass is 79.9. The second kappa shape index (κ2) is 5.40. The van der Waals surface area contributed by atoms with Crippen LogP contribution >= 0.6 is 15.9 Å². The summed E-state index contributed by atoms with van der Waals surface area (Å²) >= 11 is 3.48. The topological polar surface area (TPSA) is 30.2 Å². The van der Waals surface area contributed by atoms with Crippen molar-refractivity contribution in [2.75, 3.05) is 0 Å². The van der Waals surface area contributed by atoms with Crippen LogP contribution in [0, 0.1) is 0 Å². The van der Waals surface area contributed by atoms with Crippen LogP contribution in [0.25, 0.3) is 22.1 Å². The largest absolute Gasteiger partial charge is 0.423 e. The Labute approximate surface area is 137 Å². The fourth-order valence-electron chi connectivity index (χ4n) is 2.52. The molecule has 0 aliphatic rings. The molecule has 0 spiro atoms. The van der Waals surface area contributed by atoms with Crippen LogP contribution in [-0.2, 0) is 5.41 Å². The molecule has 0 amide bonds. The van der Waals surface area contributed by atoms with Crippen molar-refractivity contribution in [1.82, 2.24) is 0 Å². The Morgan fingerprint density at radius 3 is 2.27 bits per heavy atom. The first-order chi connectivity index (χ1) is 10.3. The maximum absolute atomic E-state index is 11.8. The van der Waals surface area contributed by atoms with E-state index in [4.69, 9.17) is 4.42 Å². The number of hydrogen-bond donors (Lipinski definition) is 0. The Balaban J connectivity index is 2.21. The third kappa shape index (κ3) is 2.86. The molecule has 0 atom stereocenters. The van der Waals surface area contributed by atoms with Gasteiger partial charge in [-0.3, -0.25) is 0 Å². The molecule has 0 N–H and O–H groups in total. The zero-order chi connectivity index (χ0) is 15.9. The molecule has 0 unspecified atom stereocenters. The summed E-state index contributed by atoms with van der Waals surface area (Å²) in [6.07, 6.45) is 0. The molecule has 0 saturated carbocycles. The normalized spacial score (nSPS) is 11.8. The van der Waals surface area contributed by atoms with Crippen molar-refractivity contribution in [1.29, 1.82) is 0 Å². The molecule has 0 saturated heterocycles. The van der Waals surface area contributed by atoms with E-state index in [1.54, 1.807) is 6.07 Å². The van der Waals surface area contributed by atoms with Crippen molar-refractivity contribution in [3.63, 3.8) is 0 Å². The zero-order valence-electron chi connectivity index (χ0n) is 12.8. The molecule has 0 aliphatic heterocycles. The van der Waals surface area contributed by atoms with Gasteiger partial charge >= 0.3 is 5.63 Å². The molecule has 2 aromatic carbocycles. The first-order valence-electron chi connectivity index (χ1n) is 7.19. The Kier molecular flexibility index (Phi) is 3.69. The van der Waals surface area contributed by atoms with E-state index in [0.717, 1.165) is 21.0 Å². The lowest BCUT2D eigenvalue weighted by atomic mass is 9.86. The van der Waals surface area contributed by atoms with E-state index < -0.39 is 0 Å². The maximum atomic E-state index is 11.8. The molecule has 3 heteroatoms. The van der Waals surface area contributed by atoms with Crippen LogP contribution in [-0.4, -0.2) is 0 Å². The van der Waals surface area contributed by atoms with Gasteiger partial charge in [0.15, 0.2) is 0 Å². The minimum absolute atomic E-state index is 0.110. The molecule has 3 rings (SSSR count). The molecule has 1 heterocycles. The van der Waals surface area contributed by atoms with Crippen LogP contribution < -0.4 is 5.63 Å². The van der Waals surface area contributed by atoms with Crippen molar-refractivity contribution in [2.24, 2.45) is 0 Å². The van der Waals surface area contributed by atoms with Gasteiger partial charge in [0.1, 0.15) is 5.58 Å². The van der Waals surface area contributed by atoms with Crippen LogP contribution in [0.3, 0.4) is 0 Å². The monoisotopic (exact) mass is 356 g/mol. The highest BCUT2D eigenvalue weighted by molar-refractivity contribution is 9.10. The van der Waals surface area contributed by atoms with Crippen LogP contribution in [0.2, 0.25) is 0 Å². The minimum atomic E-state index is -0.329. The average Bonchev–Trinajstić information content (AvgIpc) is 2.46. The van der Waals surface area contributed by atoms with Crippen LogP contribution in [0.5, 0.6) is 0 Å². The lowest BCUT2D eigenvalue weighted by Crippen LogP contribution is -2.10. The Morgan fingerprint density at radius 2 is 1.64 bits per heavy atom. The van der Waals surface area contributed by atoms with Gasteiger partial charge in [-0.1, -0.05) is 61.0 Å². The fraction of sp³-hybridized carbons (Fsp3) is 0.211. The first-order valence-corrected chi connectivity index (χ1v) is 7.98. The van der Waals surface area contributed by atoms with Crippen molar-refractivity contribution in [3.8, 4) is 11.1 Å². The third-order valence-electron chi connectivity index (χ3n) is 3.77. The van der Waals surface area contributed by atoms with E-state index in [1.807, 2.05) is 18.2 Å². The summed E-state index contributed by atoms with van der Waals surface area (Å²) in [6.45, 7) is 6.56. The Morgan fingerprint density at radius 1 is 0.955 bits per heavy atom. The predicted octanol–water partition coefficient (Wildman–Crippen LogP) is 5.52. The molecule has 0 bridgehead atoms. The summed E-state index contributed by atoms with van der Waals surface area (Å²) in [7, 11) is 0. The molecular weight excluding hydrogens is 340 g/mol. The molecule has 0 radical (unpaired) electrons. The summed E-state index contributed by atoms with van der Waals surface area (Å²) in [5.74, 6) is 0. The summed E-state index contributed by atoms with van der Waals surface area (Å²) in [4.78, 5) is 11.8. The van der Waals surface area contributed by atoms with Gasteiger partial charge in [0.05, 0.1) is 0 Å². The molecule has 2 nitrogen and oxygen atoms in total. The fourth-order valence-corrected chi connectivity index (χ4v) is 2.88.